The van der Waals surface area contributed by atoms with Crippen LogP contribution in [0.25, 0.3) is 0 Å². The van der Waals surface area contributed by atoms with Crippen molar-refractivity contribution in [2.45, 2.75) is 6.10 Å². The quantitative estimate of drug-likeness (QED) is 0.481. The van der Waals surface area contributed by atoms with Gasteiger partial charge in [-0.15, -0.1) is 0 Å². The number of carbonyl (C=O) groups is 1. The minimum Gasteiger partial charge on any atom is -0.449 e. The fourth-order valence-corrected chi connectivity index (χ4v) is 1.91. The van der Waals surface area contributed by atoms with Gasteiger partial charge in [-0.2, -0.15) is 0 Å². The van der Waals surface area contributed by atoms with E-state index in [1.807, 2.05) is 0 Å². The standard InChI is InChI=1S/C11H8BrNO5/c12-9-8(6-13(15)16)18-11(14)10(9)17-7-4-2-1-3-5-7/h1-5,8H,6H2/t8-/m1/s1. The van der Waals surface area contributed by atoms with Gasteiger partial charge in [0.05, 0.1) is 4.48 Å². The Kier molecular flexibility index (Phi) is 3.61. The van der Waals surface area contributed by atoms with E-state index in [1.54, 1.807) is 30.3 Å². The summed E-state index contributed by atoms with van der Waals surface area (Å²) in [5, 5.41) is 10.4. The Labute approximate surface area is 110 Å². The zero-order valence-corrected chi connectivity index (χ0v) is 10.6. The summed E-state index contributed by atoms with van der Waals surface area (Å²) in [6, 6.07) is 8.64. The molecular weight excluding hydrogens is 306 g/mol. The topological polar surface area (TPSA) is 78.7 Å². The number of hydrogen-bond acceptors (Lipinski definition) is 5. The lowest BCUT2D eigenvalue weighted by atomic mass is 10.3. The Hall–Kier alpha value is -1.89. The van der Waals surface area contributed by atoms with Crippen LogP contribution < -0.4 is 4.74 Å². The summed E-state index contributed by atoms with van der Waals surface area (Å²) in [6.07, 6.45) is -0.925. The summed E-state index contributed by atoms with van der Waals surface area (Å²) < 4.78 is 10.4. The van der Waals surface area contributed by atoms with Gasteiger partial charge in [-0.05, 0) is 28.1 Å². The van der Waals surface area contributed by atoms with Crippen LogP contribution in [0.5, 0.6) is 5.75 Å². The fraction of sp³-hybridized carbons (Fsp3) is 0.182. The summed E-state index contributed by atoms with van der Waals surface area (Å²) in [7, 11) is 0. The second-order valence-electron chi connectivity index (χ2n) is 3.50. The molecule has 0 aromatic heterocycles. The van der Waals surface area contributed by atoms with Gasteiger partial charge in [0.15, 0.2) is 0 Å². The van der Waals surface area contributed by atoms with E-state index in [2.05, 4.69) is 15.9 Å². The number of carbonyl (C=O) groups excluding carboxylic acids is 1. The van der Waals surface area contributed by atoms with Gasteiger partial charge in [0.2, 0.25) is 18.4 Å². The Bertz CT molecular complexity index is 513. The first-order chi connectivity index (χ1) is 8.58. The Balaban J connectivity index is 2.18. The van der Waals surface area contributed by atoms with E-state index in [9.17, 15) is 14.9 Å². The second kappa shape index (κ2) is 5.18. The largest absolute Gasteiger partial charge is 0.449 e. The van der Waals surface area contributed by atoms with Crippen LogP contribution in [0.2, 0.25) is 0 Å². The highest BCUT2D eigenvalue weighted by molar-refractivity contribution is 9.11. The lowest BCUT2D eigenvalue weighted by Gasteiger charge is -2.03. The summed E-state index contributed by atoms with van der Waals surface area (Å²) in [6.45, 7) is -0.492. The molecule has 6 nitrogen and oxygen atoms in total. The molecule has 1 aliphatic rings. The van der Waals surface area contributed by atoms with Crippen LogP contribution >= 0.6 is 15.9 Å². The molecule has 0 saturated carbocycles. The molecule has 1 aliphatic heterocycles. The number of hydrogen-bond donors (Lipinski definition) is 0. The van der Waals surface area contributed by atoms with Crippen LogP contribution in [0, 0.1) is 10.1 Å². The van der Waals surface area contributed by atoms with Gasteiger partial charge in [-0.3, -0.25) is 10.1 Å². The van der Waals surface area contributed by atoms with Crippen molar-refractivity contribution in [1.82, 2.24) is 0 Å². The van der Waals surface area contributed by atoms with Crippen molar-refractivity contribution in [2.75, 3.05) is 6.54 Å². The number of halogens is 1. The van der Waals surface area contributed by atoms with Crippen molar-refractivity contribution in [3.05, 3.63) is 50.7 Å². The maximum absolute atomic E-state index is 11.5. The number of cyclic esters (lactones) is 1. The van der Waals surface area contributed by atoms with Crippen molar-refractivity contribution < 1.29 is 19.2 Å². The first-order valence-electron chi connectivity index (χ1n) is 5.03. The number of para-hydroxylation sites is 1. The molecule has 1 heterocycles. The van der Waals surface area contributed by atoms with Crippen LogP contribution in [0.1, 0.15) is 0 Å². The Morgan fingerprint density at radius 1 is 1.39 bits per heavy atom. The molecule has 1 aromatic rings. The molecule has 0 bridgehead atoms. The summed E-state index contributed by atoms with van der Waals surface area (Å²) in [4.78, 5) is 21.4. The van der Waals surface area contributed by atoms with Gasteiger partial charge in [0, 0.05) is 4.92 Å². The predicted molar refractivity (Wildman–Crippen MR) is 64.8 cm³/mol. The molecule has 7 heteroatoms. The summed E-state index contributed by atoms with van der Waals surface area (Å²) >= 11 is 3.10. The molecule has 0 radical (unpaired) electrons. The molecule has 0 N–H and O–H groups in total. The monoisotopic (exact) mass is 313 g/mol. The third-order valence-electron chi connectivity index (χ3n) is 2.21. The van der Waals surface area contributed by atoms with Crippen LogP contribution in [0.15, 0.2) is 40.6 Å². The predicted octanol–water partition coefficient (Wildman–Crippen LogP) is 1.87. The summed E-state index contributed by atoms with van der Waals surface area (Å²) in [5.41, 5.74) is 0. The van der Waals surface area contributed by atoms with Gasteiger partial charge in [0.25, 0.3) is 0 Å². The Morgan fingerprint density at radius 3 is 2.67 bits per heavy atom. The number of nitro groups is 1. The van der Waals surface area contributed by atoms with E-state index in [1.165, 1.54) is 0 Å². The SMILES string of the molecule is O=C1O[C@H](C[N+](=O)[O-])C(Br)=C1Oc1ccccc1. The molecule has 0 fully saturated rings. The lowest BCUT2D eigenvalue weighted by Crippen LogP contribution is -2.20. The molecule has 0 spiro atoms. The average molecular weight is 314 g/mol. The van der Waals surface area contributed by atoms with Crippen LogP contribution in [-0.4, -0.2) is 23.5 Å². The number of ether oxygens (including phenoxy) is 2. The van der Waals surface area contributed by atoms with Crippen molar-refractivity contribution in [2.24, 2.45) is 0 Å². The van der Waals surface area contributed by atoms with Gasteiger partial charge in [-0.25, -0.2) is 4.79 Å². The van der Waals surface area contributed by atoms with Crippen LogP contribution in [-0.2, 0) is 9.53 Å². The molecule has 2 rings (SSSR count). The maximum Gasteiger partial charge on any atom is 0.376 e. The minimum atomic E-state index is -0.925. The molecule has 94 valence electrons. The minimum absolute atomic E-state index is 0.0481. The highest BCUT2D eigenvalue weighted by Gasteiger charge is 2.37. The third-order valence-corrected chi connectivity index (χ3v) is 3.08. The van der Waals surface area contributed by atoms with E-state index >= 15 is 0 Å². The lowest BCUT2D eigenvalue weighted by molar-refractivity contribution is -0.487. The van der Waals surface area contributed by atoms with Gasteiger partial charge in [0.1, 0.15) is 5.75 Å². The van der Waals surface area contributed by atoms with Gasteiger partial charge < -0.3 is 9.47 Å². The smallest absolute Gasteiger partial charge is 0.376 e. The van der Waals surface area contributed by atoms with Crippen molar-refractivity contribution in [3.63, 3.8) is 0 Å². The highest BCUT2D eigenvalue weighted by Crippen LogP contribution is 2.29. The molecule has 18 heavy (non-hydrogen) atoms. The number of esters is 1. The van der Waals surface area contributed by atoms with E-state index in [4.69, 9.17) is 9.47 Å². The summed E-state index contributed by atoms with van der Waals surface area (Å²) in [5.74, 6) is -0.297. The Morgan fingerprint density at radius 2 is 2.06 bits per heavy atom. The second-order valence-corrected chi connectivity index (χ2v) is 4.36. The third kappa shape index (κ3) is 2.67. The fourth-order valence-electron chi connectivity index (χ4n) is 1.43. The molecule has 1 aromatic carbocycles. The van der Waals surface area contributed by atoms with Crippen molar-refractivity contribution >= 4 is 21.9 Å². The van der Waals surface area contributed by atoms with E-state index in [-0.39, 0.29) is 10.2 Å². The van der Waals surface area contributed by atoms with E-state index < -0.39 is 23.5 Å². The zero-order chi connectivity index (χ0) is 13.1. The van der Waals surface area contributed by atoms with Crippen molar-refractivity contribution in [1.29, 1.82) is 0 Å². The van der Waals surface area contributed by atoms with E-state index in [0.29, 0.717) is 5.75 Å². The normalized spacial score (nSPS) is 18.7. The van der Waals surface area contributed by atoms with Crippen molar-refractivity contribution in [3.8, 4) is 5.75 Å². The number of rotatable bonds is 4. The van der Waals surface area contributed by atoms with Gasteiger partial charge in [-0.1, -0.05) is 18.2 Å². The van der Waals surface area contributed by atoms with Gasteiger partial charge >= 0.3 is 5.97 Å². The van der Waals surface area contributed by atoms with E-state index in [0.717, 1.165) is 0 Å². The first-order valence-corrected chi connectivity index (χ1v) is 5.82. The zero-order valence-electron chi connectivity index (χ0n) is 9.04. The maximum atomic E-state index is 11.5. The number of nitrogens with zero attached hydrogens (tertiary/aromatic N) is 1. The first kappa shape index (κ1) is 12.6. The molecule has 0 saturated heterocycles. The average Bonchev–Trinajstić information content (AvgIpc) is 2.58. The molecule has 0 aliphatic carbocycles. The number of benzene rings is 1. The molecular formula is C11H8BrNO5. The molecule has 1 atom stereocenters. The van der Waals surface area contributed by atoms with Crippen LogP contribution in [0.3, 0.4) is 0 Å². The highest BCUT2D eigenvalue weighted by atomic mass is 79.9. The molecule has 0 amide bonds. The van der Waals surface area contributed by atoms with Crippen LogP contribution in [0.4, 0.5) is 0 Å². The molecule has 0 unspecified atom stereocenters.